The molecule has 0 aliphatic heterocycles. The lowest BCUT2D eigenvalue weighted by Gasteiger charge is -2.11. The summed E-state index contributed by atoms with van der Waals surface area (Å²) in [7, 11) is 0. The number of primary amides is 2. The maximum Gasteiger partial charge on any atom is 0.269 e. The zero-order chi connectivity index (χ0) is 21.3. The molecule has 0 spiro atoms. The number of aromatic nitrogens is 2. The molecule has 3 aromatic rings. The van der Waals surface area contributed by atoms with Gasteiger partial charge in [-0.05, 0) is 24.3 Å². The van der Waals surface area contributed by atoms with Crippen LogP contribution in [0.3, 0.4) is 0 Å². The van der Waals surface area contributed by atoms with Crippen LogP contribution in [-0.2, 0) is 0 Å². The van der Waals surface area contributed by atoms with Gasteiger partial charge in [-0.15, -0.1) is 0 Å². The van der Waals surface area contributed by atoms with E-state index in [9.17, 15) is 29.8 Å². The number of imidazole rings is 1. The third-order valence-corrected chi connectivity index (χ3v) is 4.00. The van der Waals surface area contributed by atoms with E-state index < -0.39 is 27.4 Å². The van der Waals surface area contributed by atoms with Crippen LogP contribution in [0.1, 0.15) is 21.0 Å². The van der Waals surface area contributed by atoms with Crippen LogP contribution in [-0.4, -0.2) is 31.2 Å². The summed E-state index contributed by atoms with van der Waals surface area (Å²) in [6, 6.07) is 10.3. The smallest absolute Gasteiger partial charge is 0.269 e. The number of nitrogens with zero attached hydrogens (tertiary/aromatic N) is 4. The quantitative estimate of drug-likeness (QED) is 0.466. The molecule has 12 heteroatoms. The van der Waals surface area contributed by atoms with Crippen molar-refractivity contribution < 1.29 is 19.4 Å². The first-order valence-corrected chi connectivity index (χ1v) is 7.92. The van der Waals surface area contributed by atoms with Crippen LogP contribution in [0.2, 0.25) is 0 Å². The van der Waals surface area contributed by atoms with Crippen LogP contribution >= 0.6 is 0 Å². The lowest BCUT2D eigenvalue weighted by atomic mass is 10.2. The second-order valence-electron chi connectivity index (χ2n) is 5.77. The van der Waals surface area contributed by atoms with Gasteiger partial charge < -0.3 is 11.5 Å². The van der Waals surface area contributed by atoms with Crippen molar-refractivity contribution in [2.75, 3.05) is 0 Å². The summed E-state index contributed by atoms with van der Waals surface area (Å²) >= 11 is 0. The van der Waals surface area contributed by atoms with Gasteiger partial charge in [-0.1, -0.05) is 0 Å². The van der Waals surface area contributed by atoms with E-state index in [1.54, 1.807) is 0 Å². The van der Waals surface area contributed by atoms with E-state index in [2.05, 4.69) is 4.98 Å². The Balaban J connectivity index is 2.28. The number of hydrogen-bond donors (Lipinski definition) is 2. The highest BCUT2D eigenvalue weighted by atomic mass is 16.6. The minimum Gasteiger partial charge on any atom is -0.364 e. The summed E-state index contributed by atoms with van der Waals surface area (Å²) in [5, 5.41) is 21.8. The van der Waals surface area contributed by atoms with E-state index in [0.29, 0.717) is 5.56 Å². The average Bonchev–Trinajstić information content (AvgIpc) is 3.09. The lowest BCUT2D eigenvalue weighted by Crippen LogP contribution is -2.23. The summed E-state index contributed by atoms with van der Waals surface area (Å²) < 4.78 is 1.22. The fourth-order valence-electron chi connectivity index (χ4n) is 2.72. The van der Waals surface area contributed by atoms with Crippen molar-refractivity contribution in [2.45, 2.75) is 0 Å². The molecule has 0 saturated carbocycles. The molecule has 0 unspecified atom stereocenters. The van der Waals surface area contributed by atoms with Crippen LogP contribution in [0.4, 0.5) is 11.4 Å². The predicted octanol–water partition coefficient (Wildman–Crippen LogP) is 1.55. The summed E-state index contributed by atoms with van der Waals surface area (Å²) in [6.07, 6.45) is 0. The van der Waals surface area contributed by atoms with Gasteiger partial charge in [0.25, 0.3) is 23.2 Å². The predicted molar refractivity (Wildman–Crippen MR) is 99.3 cm³/mol. The van der Waals surface area contributed by atoms with Crippen molar-refractivity contribution >= 4 is 23.2 Å². The number of hydrogen-bond acceptors (Lipinski definition) is 7. The number of carbonyl (C=O) groups excluding carboxylic acids is 2. The van der Waals surface area contributed by atoms with Gasteiger partial charge in [-0.2, -0.15) is 0 Å². The fourth-order valence-corrected chi connectivity index (χ4v) is 2.72. The molecule has 3 rings (SSSR count). The second-order valence-corrected chi connectivity index (χ2v) is 5.77. The fraction of sp³-hybridized carbons (Fsp3) is 0. The molecule has 12 nitrogen and oxygen atoms in total. The molecule has 0 fully saturated rings. The van der Waals surface area contributed by atoms with Crippen LogP contribution in [0.25, 0.3) is 17.1 Å². The van der Waals surface area contributed by atoms with Gasteiger partial charge in [0, 0.05) is 35.5 Å². The average molecular weight is 396 g/mol. The van der Waals surface area contributed by atoms with E-state index >= 15 is 0 Å². The number of nitrogens with two attached hydrogens (primary N) is 2. The maximum absolute atomic E-state index is 12.0. The number of nitro benzene ring substituents is 2. The first-order valence-electron chi connectivity index (χ1n) is 7.92. The molecule has 29 heavy (non-hydrogen) atoms. The molecule has 2 amide bonds. The Morgan fingerprint density at radius 1 is 0.828 bits per heavy atom. The van der Waals surface area contributed by atoms with Crippen molar-refractivity contribution in [3.8, 4) is 17.1 Å². The van der Waals surface area contributed by atoms with Gasteiger partial charge >= 0.3 is 0 Å². The molecule has 0 aliphatic carbocycles. The van der Waals surface area contributed by atoms with Gasteiger partial charge in [0.15, 0.2) is 5.69 Å². The Bertz CT molecular complexity index is 1150. The Morgan fingerprint density at radius 3 is 1.72 bits per heavy atom. The molecule has 1 heterocycles. The molecule has 0 saturated heterocycles. The van der Waals surface area contributed by atoms with Crippen LogP contribution in [0, 0.1) is 20.2 Å². The summed E-state index contributed by atoms with van der Waals surface area (Å²) in [6.45, 7) is 0. The maximum atomic E-state index is 12.0. The third kappa shape index (κ3) is 3.49. The number of nitro groups is 2. The first-order chi connectivity index (χ1) is 13.7. The Morgan fingerprint density at radius 2 is 1.31 bits per heavy atom. The van der Waals surface area contributed by atoms with Gasteiger partial charge in [0.2, 0.25) is 0 Å². The summed E-state index contributed by atoms with van der Waals surface area (Å²) in [5.74, 6) is -1.96. The Hall–Kier alpha value is -4.61. The number of carbonyl (C=O) groups is 2. The van der Waals surface area contributed by atoms with Crippen molar-refractivity contribution in [2.24, 2.45) is 11.5 Å². The van der Waals surface area contributed by atoms with Crippen LogP contribution < -0.4 is 11.5 Å². The molecule has 146 valence electrons. The summed E-state index contributed by atoms with van der Waals surface area (Å²) in [5.41, 5.74) is 10.2. The standard InChI is InChI=1S/C17H12N6O6/c18-15(24)13-14(16(19)25)21(10-5-7-12(8-6-10)23(28)29)17(20-13)9-1-3-11(4-2-9)22(26)27/h1-8H,(H2,18,24)(H2,19,25). The number of amides is 2. The largest absolute Gasteiger partial charge is 0.364 e. The van der Waals surface area contributed by atoms with Crippen molar-refractivity contribution in [1.29, 1.82) is 0 Å². The van der Waals surface area contributed by atoms with E-state index in [1.165, 1.54) is 53.1 Å². The van der Waals surface area contributed by atoms with Crippen LogP contribution in [0.15, 0.2) is 48.5 Å². The van der Waals surface area contributed by atoms with Crippen molar-refractivity contribution in [1.82, 2.24) is 9.55 Å². The zero-order valence-electron chi connectivity index (χ0n) is 14.5. The van der Waals surface area contributed by atoms with Crippen LogP contribution in [0.5, 0.6) is 0 Å². The lowest BCUT2D eigenvalue weighted by molar-refractivity contribution is -0.385. The monoisotopic (exact) mass is 396 g/mol. The highest BCUT2D eigenvalue weighted by Crippen LogP contribution is 2.29. The Labute approximate surface area is 161 Å². The molecule has 0 radical (unpaired) electrons. The normalized spacial score (nSPS) is 10.5. The summed E-state index contributed by atoms with van der Waals surface area (Å²) in [4.78, 5) is 48.5. The molecular weight excluding hydrogens is 384 g/mol. The molecule has 0 atom stereocenters. The second kappa shape index (κ2) is 7.19. The van der Waals surface area contributed by atoms with Gasteiger partial charge in [0.05, 0.1) is 9.85 Å². The first kappa shape index (κ1) is 19.2. The van der Waals surface area contributed by atoms with E-state index in [1.807, 2.05) is 0 Å². The number of rotatable bonds is 6. The minimum absolute atomic E-state index is 0.0522. The molecule has 4 N–H and O–H groups in total. The SMILES string of the molecule is NC(=O)c1nc(-c2ccc([N+](=O)[O-])cc2)n(-c2ccc([N+](=O)[O-])cc2)c1C(N)=O. The highest BCUT2D eigenvalue weighted by Gasteiger charge is 2.27. The van der Waals surface area contributed by atoms with Gasteiger partial charge in [-0.25, -0.2) is 4.98 Å². The Kier molecular flexibility index (Phi) is 4.75. The molecule has 0 aliphatic rings. The topological polar surface area (TPSA) is 190 Å². The highest BCUT2D eigenvalue weighted by molar-refractivity contribution is 6.05. The molecular formula is C17H12N6O6. The molecule has 2 aromatic carbocycles. The molecule has 0 bridgehead atoms. The minimum atomic E-state index is -1.01. The number of non-ortho nitro benzene ring substituents is 2. The van der Waals surface area contributed by atoms with Gasteiger partial charge in [0.1, 0.15) is 11.5 Å². The van der Waals surface area contributed by atoms with E-state index in [0.717, 1.165) is 0 Å². The van der Waals surface area contributed by atoms with E-state index in [4.69, 9.17) is 11.5 Å². The number of benzene rings is 2. The van der Waals surface area contributed by atoms with Crippen molar-refractivity contribution in [3.63, 3.8) is 0 Å². The zero-order valence-corrected chi connectivity index (χ0v) is 14.5. The van der Waals surface area contributed by atoms with E-state index in [-0.39, 0.29) is 28.6 Å². The van der Waals surface area contributed by atoms with Crippen molar-refractivity contribution in [3.05, 3.63) is 80.1 Å². The van der Waals surface area contributed by atoms with Gasteiger partial charge in [-0.3, -0.25) is 34.4 Å². The molecule has 1 aromatic heterocycles. The third-order valence-electron chi connectivity index (χ3n) is 4.00.